The van der Waals surface area contributed by atoms with Gasteiger partial charge in [-0.25, -0.2) is 4.98 Å². The van der Waals surface area contributed by atoms with Crippen molar-refractivity contribution in [2.24, 2.45) is 0 Å². The molecule has 0 saturated heterocycles. The molecule has 5 aromatic rings. The SMILES string of the molecule is COCCCn1c(=O)c2ccccc2n2c(SCc3nc4ccccc4o3)nnc12. The lowest BCUT2D eigenvalue weighted by atomic mass is 10.2. The van der Waals surface area contributed by atoms with Crippen molar-refractivity contribution >= 4 is 39.5 Å². The molecule has 3 aromatic heterocycles. The van der Waals surface area contributed by atoms with Crippen LogP contribution in [-0.4, -0.2) is 37.9 Å². The normalized spacial score (nSPS) is 11.8. The highest BCUT2D eigenvalue weighted by Gasteiger charge is 2.17. The van der Waals surface area contributed by atoms with Crippen LogP contribution < -0.4 is 5.56 Å². The van der Waals surface area contributed by atoms with Gasteiger partial charge >= 0.3 is 0 Å². The number of fused-ring (bicyclic) bond motifs is 4. The van der Waals surface area contributed by atoms with Crippen LogP contribution >= 0.6 is 11.8 Å². The quantitative estimate of drug-likeness (QED) is 0.293. The highest BCUT2D eigenvalue weighted by atomic mass is 32.2. The molecule has 152 valence electrons. The van der Waals surface area contributed by atoms with E-state index in [-0.39, 0.29) is 5.56 Å². The summed E-state index contributed by atoms with van der Waals surface area (Å²) in [4.78, 5) is 17.6. The van der Waals surface area contributed by atoms with Crippen LogP contribution in [-0.2, 0) is 17.0 Å². The molecule has 0 spiro atoms. The van der Waals surface area contributed by atoms with Gasteiger partial charge in [-0.15, -0.1) is 10.2 Å². The number of oxazole rings is 1. The monoisotopic (exact) mass is 421 g/mol. The highest BCUT2D eigenvalue weighted by molar-refractivity contribution is 7.98. The zero-order valence-corrected chi connectivity index (χ0v) is 17.1. The minimum Gasteiger partial charge on any atom is -0.440 e. The van der Waals surface area contributed by atoms with E-state index in [0.29, 0.717) is 47.5 Å². The molecule has 0 saturated carbocycles. The molecule has 0 aliphatic heterocycles. The highest BCUT2D eigenvalue weighted by Crippen LogP contribution is 2.26. The van der Waals surface area contributed by atoms with Gasteiger partial charge in [-0.05, 0) is 30.7 Å². The van der Waals surface area contributed by atoms with Crippen LogP contribution in [0.3, 0.4) is 0 Å². The maximum atomic E-state index is 13.0. The Hall–Kier alpha value is -3.17. The average Bonchev–Trinajstić information content (AvgIpc) is 3.38. The summed E-state index contributed by atoms with van der Waals surface area (Å²) >= 11 is 1.48. The van der Waals surface area contributed by atoms with E-state index in [1.807, 2.05) is 52.9 Å². The summed E-state index contributed by atoms with van der Waals surface area (Å²) in [7, 11) is 1.65. The lowest BCUT2D eigenvalue weighted by Gasteiger charge is -2.10. The summed E-state index contributed by atoms with van der Waals surface area (Å²) in [6.07, 6.45) is 0.711. The largest absolute Gasteiger partial charge is 0.440 e. The molecular weight excluding hydrogens is 402 g/mol. The first-order valence-corrected chi connectivity index (χ1v) is 10.6. The van der Waals surface area contributed by atoms with E-state index in [1.165, 1.54) is 11.8 Å². The first-order valence-electron chi connectivity index (χ1n) is 9.59. The van der Waals surface area contributed by atoms with Crippen molar-refractivity contribution in [3.8, 4) is 0 Å². The van der Waals surface area contributed by atoms with E-state index < -0.39 is 0 Å². The summed E-state index contributed by atoms with van der Waals surface area (Å²) in [6.45, 7) is 1.08. The Labute approximate surface area is 175 Å². The number of para-hydroxylation sites is 3. The zero-order chi connectivity index (χ0) is 20.5. The van der Waals surface area contributed by atoms with Gasteiger partial charge in [-0.1, -0.05) is 36.0 Å². The molecular formula is C21H19N5O3S. The van der Waals surface area contributed by atoms with Gasteiger partial charge < -0.3 is 9.15 Å². The zero-order valence-electron chi connectivity index (χ0n) is 16.3. The molecule has 2 aromatic carbocycles. The lowest BCUT2D eigenvalue weighted by Crippen LogP contribution is -2.24. The molecule has 0 N–H and O–H groups in total. The van der Waals surface area contributed by atoms with Gasteiger partial charge in [0.15, 0.2) is 10.7 Å². The lowest BCUT2D eigenvalue weighted by molar-refractivity contribution is 0.190. The van der Waals surface area contributed by atoms with Gasteiger partial charge in [0.2, 0.25) is 11.7 Å². The fourth-order valence-electron chi connectivity index (χ4n) is 3.50. The number of thioether (sulfide) groups is 1. The van der Waals surface area contributed by atoms with E-state index >= 15 is 0 Å². The number of hydrogen-bond donors (Lipinski definition) is 0. The third-order valence-corrected chi connectivity index (χ3v) is 5.79. The molecule has 30 heavy (non-hydrogen) atoms. The van der Waals surface area contributed by atoms with Crippen molar-refractivity contribution in [2.45, 2.75) is 23.9 Å². The van der Waals surface area contributed by atoms with Crippen molar-refractivity contribution in [1.82, 2.24) is 24.1 Å². The van der Waals surface area contributed by atoms with Gasteiger partial charge in [0, 0.05) is 20.3 Å². The Morgan fingerprint density at radius 3 is 2.80 bits per heavy atom. The fraction of sp³-hybridized carbons (Fsp3) is 0.238. The number of aromatic nitrogens is 5. The van der Waals surface area contributed by atoms with Crippen LogP contribution in [0.2, 0.25) is 0 Å². The Balaban J connectivity index is 1.56. The standard InChI is InChI=1S/C21H19N5O3S/c1-28-12-6-11-25-19(27)14-7-2-4-9-16(14)26-20(25)23-24-21(26)30-13-18-22-15-8-3-5-10-17(15)29-18/h2-5,7-10H,6,11-13H2,1H3. The van der Waals surface area contributed by atoms with E-state index in [0.717, 1.165) is 16.6 Å². The smallest absolute Gasteiger partial charge is 0.262 e. The van der Waals surface area contributed by atoms with Gasteiger partial charge in [-0.2, -0.15) is 0 Å². The van der Waals surface area contributed by atoms with Gasteiger partial charge in [0.1, 0.15) is 5.52 Å². The van der Waals surface area contributed by atoms with Crippen LogP contribution in [0.1, 0.15) is 12.3 Å². The number of hydrogen-bond acceptors (Lipinski definition) is 7. The number of aryl methyl sites for hydroxylation is 1. The number of benzene rings is 2. The first kappa shape index (κ1) is 18.8. The Kier molecular flexibility index (Phi) is 4.97. The molecule has 0 bridgehead atoms. The van der Waals surface area contributed by atoms with E-state index in [9.17, 15) is 4.79 Å². The molecule has 5 rings (SSSR count). The van der Waals surface area contributed by atoms with Crippen molar-refractivity contribution in [2.75, 3.05) is 13.7 Å². The Morgan fingerprint density at radius 1 is 1.10 bits per heavy atom. The van der Waals surface area contributed by atoms with Crippen LogP contribution in [0.25, 0.3) is 27.8 Å². The maximum Gasteiger partial charge on any atom is 0.262 e. The number of rotatable bonds is 7. The summed E-state index contributed by atoms with van der Waals surface area (Å²) in [5.74, 6) is 1.65. The molecule has 3 heterocycles. The molecule has 0 atom stereocenters. The van der Waals surface area contributed by atoms with Crippen LogP contribution in [0.4, 0.5) is 0 Å². The summed E-state index contributed by atoms with van der Waals surface area (Å²) < 4.78 is 14.5. The number of nitrogens with zero attached hydrogens (tertiary/aromatic N) is 5. The van der Waals surface area contributed by atoms with Crippen LogP contribution in [0.15, 0.2) is 62.9 Å². The third-order valence-electron chi connectivity index (χ3n) is 4.87. The van der Waals surface area contributed by atoms with E-state index in [2.05, 4.69) is 15.2 Å². The molecule has 0 unspecified atom stereocenters. The second-order valence-electron chi connectivity index (χ2n) is 6.80. The van der Waals surface area contributed by atoms with Gasteiger partial charge in [0.05, 0.1) is 16.7 Å². The summed E-state index contributed by atoms with van der Waals surface area (Å²) in [5, 5.41) is 10.0. The van der Waals surface area contributed by atoms with Crippen LogP contribution in [0, 0.1) is 0 Å². The van der Waals surface area contributed by atoms with Crippen molar-refractivity contribution in [1.29, 1.82) is 0 Å². The van der Waals surface area contributed by atoms with Crippen molar-refractivity contribution in [3.63, 3.8) is 0 Å². The second kappa shape index (κ2) is 7.92. The number of methoxy groups -OCH3 is 1. The predicted octanol–water partition coefficient (Wildman–Crippen LogP) is 3.51. The minimum atomic E-state index is -0.0721. The van der Waals surface area contributed by atoms with Crippen molar-refractivity contribution < 1.29 is 9.15 Å². The predicted molar refractivity (Wildman–Crippen MR) is 115 cm³/mol. The summed E-state index contributed by atoms with van der Waals surface area (Å²) in [5.41, 5.74) is 2.30. The van der Waals surface area contributed by atoms with Gasteiger partial charge in [-0.3, -0.25) is 13.8 Å². The van der Waals surface area contributed by atoms with Crippen molar-refractivity contribution in [3.05, 3.63) is 64.8 Å². The second-order valence-corrected chi connectivity index (χ2v) is 7.74. The molecule has 0 amide bonds. The van der Waals surface area contributed by atoms with Gasteiger partial charge in [0.25, 0.3) is 5.56 Å². The maximum absolute atomic E-state index is 13.0. The molecule has 8 nitrogen and oxygen atoms in total. The molecule has 0 aliphatic carbocycles. The topological polar surface area (TPSA) is 87.5 Å². The summed E-state index contributed by atoms with van der Waals surface area (Å²) in [6, 6.07) is 15.2. The molecule has 0 fully saturated rings. The fourth-order valence-corrected chi connectivity index (χ4v) is 4.29. The van der Waals surface area contributed by atoms with Crippen LogP contribution in [0.5, 0.6) is 0 Å². The average molecular weight is 421 g/mol. The molecule has 0 aliphatic rings. The Morgan fingerprint density at radius 2 is 1.93 bits per heavy atom. The number of ether oxygens (including phenoxy) is 1. The minimum absolute atomic E-state index is 0.0721. The molecule has 0 radical (unpaired) electrons. The third kappa shape index (κ3) is 3.25. The van der Waals surface area contributed by atoms with E-state index in [1.54, 1.807) is 11.7 Å². The van der Waals surface area contributed by atoms with E-state index in [4.69, 9.17) is 9.15 Å². The first-order chi connectivity index (χ1) is 14.8. The Bertz CT molecular complexity index is 1370. The molecule has 9 heteroatoms.